The molecular weight excluding hydrogens is 268 g/mol. The van der Waals surface area contributed by atoms with Gasteiger partial charge in [-0.15, -0.1) is 0 Å². The number of nitrogens with two attached hydrogens (primary N) is 1. The number of likely N-dealkylation sites (N-methyl/N-ethyl adjacent to an activating group) is 1. The monoisotopic (exact) mass is 292 g/mol. The van der Waals surface area contributed by atoms with Crippen molar-refractivity contribution in [3.63, 3.8) is 0 Å². The van der Waals surface area contributed by atoms with Crippen LogP contribution in [0.1, 0.15) is 18.9 Å². The fraction of sp³-hybridized carbons (Fsp3) is 0.467. The normalized spacial score (nSPS) is 10.5. The quantitative estimate of drug-likeness (QED) is 0.654. The topological polar surface area (TPSA) is 87.5 Å². The zero-order valence-corrected chi connectivity index (χ0v) is 12.9. The maximum absolute atomic E-state index is 12.1. The first-order valence-corrected chi connectivity index (χ1v) is 7.05. The predicted molar refractivity (Wildman–Crippen MR) is 85.0 cm³/mol. The van der Waals surface area contributed by atoms with Crippen molar-refractivity contribution in [3.05, 3.63) is 23.8 Å². The molecule has 0 heterocycles. The van der Waals surface area contributed by atoms with Crippen LogP contribution in [-0.2, 0) is 9.59 Å². The highest BCUT2D eigenvalue weighted by molar-refractivity contribution is 5.93. The molecule has 0 aliphatic heterocycles. The number of hydrogen-bond donors (Lipinski definition) is 3. The van der Waals surface area contributed by atoms with Gasteiger partial charge in [-0.3, -0.25) is 14.5 Å². The van der Waals surface area contributed by atoms with E-state index in [-0.39, 0.29) is 24.9 Å². The Hall–Kier alpha value is -2.08. The highest BCUT2D eigenvalue weighted by Gasteiger charge is 2.14. The Balaban J connectivity index is 2.64. The fourth-order valence-electron chi connectivity index (χ4n) is 1.98. The summed E-state index contributed by atoms with van der Waals surface area (Å²) in [6, 6.07) is 5.38. The van der Waals surface area contributed by atoms with Gasteiger partial charge in [0.05, 0.1) is 13.1 Å². The molecule has 6 nitrogen and oxygen atoms in total. The third-order valence-corrected chi connectivity index (χ3v) is 3.09. The molecule has 0 saturated heterocycles. The zero-order valence-electron chi connectivity index (χ0n) is 12.9. The van der Waals surface area contributed by atoms with Crippen molar-refractivity contribution in [3.8, 4) is 0 Å². The Labute approximate surface area is 125 Å². The second-order valence-electron chi connectivity index (χ2n) is 5.01. The van der Waals surface area contributed by atoms with Crippen LogP contribution in [0.25, 0.3) is 0 Å². The van der Waals surface area contributed by atoms with Crippen LogP contribution in [0.5, 0.6) is 0 Å². The lowest BCUT2D eigenvalue weighted by atomic mass is 10.2. The minimum atomic E-state index is -0.152. The molecule has 116 valence electrons. The third-order valence-electron chi connectivity index (χ3n) is 3.09. The van der Waals surface area contributed by atoms with Crippen LogP contribution in [0.15, 0.2) is 18.2 Å². The van der Waals surface area contributed by atoms with Crippen molar-refractivity contribution in [1.29, 1.82) is 0 Å². The number of carbonyl (C=O) groups is 2. The first kappa shape index (κ1) is 17.0. The molecule has 6 heteroatoms. The maximum atomic E-state index is 12.1. The van der Waals surface area contributed by atoms with E-state index in [1.807, 2.05) is 24.8 Å². The zero-order chi connectivity index (χ0) is 15.8. The smallest absolute Gasteiger partial charge is 0.238 e. The number of nitrogen functional groups attached to an aromatic ring is 1. The first-order valence-electron chi connectivity index (χ1n) is 7.05. The molecule has 4 N–H and O–H groups in total. The summed E-state index contributed by atoms with van der Waals surface area (Å²) in [5.41, 5.74) is 7.98. The van der Waals surface area contributed by atoms with Gasteiger partial charge < -0.3 is 16.4 Å². The van der Waals surface area contributed by atoms with Gasteiger partial charge in [0.15, 0.2) is 0 Å². The van der Waals surface area contributed by atoms with Gasteiger partial charge in [0.1, 0.15) is 0 Å². The Morgan fingerprint density at radius 3 is 2.52 bits per heavy atom. The van der Waals surface area contributed by atoms with Gasteiger partial charge in [-0.1, -0.05) is 13.0 Å². The van der Waals surface area contributed by atoms with Gasteiger partial charge in [0.25, 0.3) is 0 Å². The molecule has 0 aromatic heterocycles. The van der Waals surface area contributed by atoms with Crippen molar-refractivity contribution in [2.24, 2.45) is 0 Å². The number of carbonyl (C=O) groups excluding carboxylic acids is 2. The molecular formula is C15H24N4O2. The molecule has 1 aromatic rings. The van der Waals surface area contributed by atoms with Gasteiger partial charge in [0.2, 0.25) is 11.8 Å². The molecule has 0 bridgehead atoms. The highest BCUT2D eigenvalue weighted by Crippen LogP contribution is 2.17. The molecule has 0 unspecified atom stereocenters. The summed E-state index contributed by atoms with van der Waals surface area (Å²) < 4.78 is 0. The molecule has 0 aliphatic rings. The number of aryl methyl sites for hydroxylation is 1. The lowest BCUT2D eigenvalue weighted by Crippen LogP contribution is -2.40. The van der Waals surface area contributed by atoms with Crippen LogP contribution in [0.4, 0.5) is 11.4 Å². The second-order valence-corrected chi connectivity index (χ2v) is 5.01. The van der Waals surface area contributed by atoms with Crippen molar-refractivity contribution in [2.45, 2.75) is 20.3 Å². The van der Waals surface area contributed by atoms with Gasteiger partial charge in [-0.2, -0.15) is 0 Å². The Kier molecular flexibility index (Phi) is 6.68. The number of nitrogens with zero attached hydrogens (tertiary/aromatic N) is 1. The number of benzene rings is 1. The van der Waals surface area contributed by atoms with E-state index in [1.165, 1.54) is 0 Å². The summed E-state index contributed by atoms with van der Waals surface area (Å²) in [6.07, 6.45) is 0.877. The minimum absolute atomic E-state index is 0.101. The van der Waals surface area contributed by atoms with Crippen LogP contribution in [0, 0.1) is 6.92 Å². The molecule has 0 aliphatic carbocycles. The summed E-state index contributed by atoms with van der Waals surface area (Å²) in [5, 5.41) is 5.40. The molecule has 0 fully saturated rings. The van der Waals surface area contributed by atoms with E-state index in [2.05, 4.69) is 10.6 Å². The number of hydrogen-bond acceptors (Lipinski definition) is 4. The molecule has 0 radical (unpaired) electrons. The average Bonchev–Trinajstić information content (AvgIpc) is 2.42. The molecule has 0 saturated carbocycles. The minimum Gasteiger partial charge on any atom is -0.399 e. The van der Waals surface area contributed by atoms with E-state index in [9.17, 15) is 9.59 Å². The van der Waals surface area contributed by atoms with Gasteiger partial charge >= 0.3 is 0 Å². The van der Waals surface area contributed by atoms with E-state index < -0.39 is 0 Å². The van der Waals surface area contributed by atoms with Crippen LogP contribution >= 0.6 is 0 Å². The summed E-state index contributed by atoms with van der Waals surface area (Å²) >= 11 is 0. The molecule has 1 aromatic carbocycles. The lowest BCUT2D eigenvalue weighted by Gasteiger charge is -2.20. The highest BCUT2D eigenvalue weighted by atomic mass is 16.2. The summed E-state index contributed by atoms with van der Waals surface area (Å²) in [6.45, 7) is 5.00. The number of nitrogens with one attached hydrogen (secondary N) is 2. The summed E-state index contributed by atoms with van der Waals surface area (Å²) in [5.74, 6) is -0.252. The Morgan fingerprint density at radius 1 is 1.24 bits per heavy atom. The predicted octanol–water partition coefficient (Wildman–Crippen LogP) is 0.974. The number of amides is 2. The third kappa shape index (κ3) is 5.83. The van der Waals surface area contributed by atoms with Crippen molar-refractivity contribution in [2.75, 3.05) is 37.7 Å². The van der Waals surface area contributed by atoms with Crippen LogP contribution in [-0.4, -0.2) is 43.4 Å². The molecule has 21 heavy (non-hydrogen) atoms. The molecule has 0 spiro atoms. The van der Waals surface area contributed by atoms with Gasteiger partial charge in [-0.25, -0.2) is 0 Å². The molecule has 0 atom stereocenters. The van der Waals surface area contributed by atoms with E-state index in [1.54, 1.807) is 19.2 Å². The Morgan fingerprint density at radius 2 is 1.90 bits per heavy atom. The number of rotatable bonds is 7. The van der Waals surface area contributed by atoms with Crippen molar-refractivity contribution < 1.29 is 9.59 Å². The average molecular weight is 292 g/mol. The standard InChI is InChI=1S/C15H24N4O2/c1-4-7-19(9-14(20)17-3)10-15(21)18-13-8-12(16)6-5-11(13)2/h5-6,8H,4,7,9-10,16H2,1-3H3,(H,17,20)(H,18,21). The van der Waals surface area contributed by atoms with E-state index in [0.29, 0.717) is 17.9 Å². The maximum Gasteiger partial charge on any atom is 0.238 e. The van der Waals surface area contributed by atoms with Crippen LogP contribution in [0.2, 0.25) is 0 Å². The number of anilines is 2. The van der Waals surface area contributed by atoms with Crippen LogP contribution < -0.4 is 16.4 Å². The summed E-state index contributed by atoms with van der Waals surface area (Å²) in [7, 11) is 1.59. The lowest BCUT2D eigenvalue weighted by molar-refractivity contribution is -0.123. The van der Waals surface area contributed by atoms with Crippen molar-refractivity contribution >= 4 is 23.2 Å². The SMILES string of the molecule is CCCN(CC(=O)NC)CC(=O)Nc1cc(N)ccc1C. The van der Waals surface area contributed by atoms with Gasteiger partial charge in [-0.05, 0) is 37.6 Å². The van der Waals surface area contributed by atoms with Crippen LogP contribution in [0.3, 0.4) is 0 Å². The van der Waals surface area contributed by atoms with E-state index in [0.717, 1.165) is 12.0 Å². The van der Waals surface area contributed by atoms with E-state index in [4.69, 9.17) is 5.73 Å². The molecule has 1 rings (SSSR count). The second kappa shape index (κ2) is 8.26. The Bertz CT molecular complexity index is 502. The summed E-state index contributed by atoms with van der Waals surface area (Å²) in [4.78, 5) is 25.4. The molecule has 2 amide bonds. The van der Waals surface area contributed by atoms with E-state index >= 15 is 0 Å². The van der Waals surface area contributed by atoms with Crippen molar-refractivity contribution in [1.82, 2.24) is 10.2 Å². The largest absolute Gasteiger partial charge is 0.399 e. The first-order chi connectivity index (χ1) is 9.96. The van der Waals surface area contributed by atoms with Gasteiger partial charge in [0, 0.05) is 18.4 Å². The fourth-order valence-corrected chi connectivity index (χ4v) is 1.98.